The summed E-state index contributed by atoms with van der Waals surface area (Å²) in [6.07, 6.45) is 0. The molecule has 3 rings (SSSR count). The van der Waals surface area contributed by atoms with Gasteiger partial charge in [-0.15, -0.1) is 0 Å². The molecular weight excluding hydrogens is 345 g/mol. The SMILES string of the molecule is CCN(Cc1cccc(F)c1)C(=O)C[NH+]1CCN(c2ccccc2O)CC1. The molecule has 1 saturated heterocycles. The number of phenolic OH excluding ortho intramolecular Hbond substituents is 1. The Morgan fingerprint density at radius 2 is 1.93 bits per heavy atom. The zero-order chi connectivity index (χ0) is 19.2. The van der Waals surface area contributed by atoms with E-state index in [0.29, 0.717) is 25.4 Å². The normalized spacial score (nSPS) is 15.0. The largest absolute Gasteiger partial charge is 0.506 e. The van der Waals surface area contributed by atoms with Crippen molar-refractivity contribution in [3.05, 3.63) is 59.9 Å². The topological polar surface area (TPSA) is 48.2 Å². The number of carbonyl (C=O) groups is 1. The smallest absolute Gasteiger partial charge is 0.278 e. The van der Waals surface area contributed by atoms with Crippen molar-refractivity contribution in [3.8, 4) is 5.75 Å². The third-order valence-electron chi connectivity index (χ3n) is 5.09. The summed E-state index contributed by atoms with van der Waals surface area (Å²) in [4.78, 5) is 17.9. The Balaban J connectivity index is 1.53. The second kappa shape index (κ2) is 8.86. The number of quaternary nitrogens is 1. The van der Waals surface area contributed by atoms with E-state index in [0.717, 1.165) is 37.4 Å². The first kappa shape index (κ1) is 19.2. The summed E-state index contributed by atoms with van der Waals surface area (Å²) in [6, 6.07) is 13.8. The highest BCUT2D eigenvalue weighted by Crippen LogP contribution is 2.25. The molecule has 0 bridgehead atoms. The van der Waals surface area contributed by atoms with Crippen molar-refractivity contribution in [2.75, 3.05) is 44.2 Å². The lowest BCUT2D eigenvalue weighted by molar-refractivity contribution is -0.892. The van der Waals surface area contributed by atoms with Gasteiger partial charge in [0.25, 0.3) is 5.91 Å². The van der Waals surface area contributed by atoms with E-state index in [4.69, 9.17) is 0 Å². The van der Waals surface area contributed by atoms with Crippen LogP contribution in [0, 0.1) is 5.82 Å². The predicted molar refractivity (Wildman–Crippen MR) is 103 cm³/mol. The number of piperazine rings is 1. The Morgan fingerprint density at radius 1 is 1.19 bits per heavy atom. The number of rotatable bonds is 6. The zero-order valence-corrected chi connectivity index (χ0v) is 15.7. The first-order valence-corrected chi connectivity index (χ1v) is 9.45. The van der Waals surface area contributed by atoms with E-state index in [1.807, 2.05) is 31.2 Å². The lowest BCUT2D eigenvalue weighted by Gasteiger charge is -2.34. The van der Waals surface area contributed by atoms with Crippen molar-refractivity contribution in [1.29, 1.82) is 0 Å². The first-order valence-electron chi connectivity index (χ1n) is 9.45. The van der Waals surface area contributed by atoms with Gasteiger partial charge in [-0.3, -0.25) is 4.79 Å². The molecule has 1 amide bonds. The summed E-state index contributed by atoms with van der Waals surface area (Å²) < 4.78 is 13.4. The lowest BCUT2D eigenvalue weighted by atomic mass is 10.2. The lowest BCUT2D eigenvalue weighted by Crippen LogP contribution is -3.15. The van der Waals surface area contributed by atoms with E-state index in [9.17, 15) is 14.3 Å². The molecule has 2 N–H and O–H groups in total. The standard InChI is InChI=1S/C21H26FN3O2/c1-2-24(15-17-6-5-7-18(22)14-17)21(27)16-23-10-12-25(13-11-23)19-8-3-4-9-20(19)26/h3-9,14,26H,2,10-13,15-16H2,1H3/p+1. The van der Waals surface area contributed by atoms with Crippen LogP contribution in [0.1, 0.15) is 12.5 Å². The van der Waals surface area contributed by atoms with E-state index < -0.39 is 0 Å². The third kappa shape index (κ3) is 4.98. The van der Waals surface area contributed by atoms with Gasteiger partial charge in [0.2, 0.25) is 0 Å². The molecule has 2 aromatic carbocycles. The van der Waals surface area contributed by atoms with Gasteiger partial charge in [-0.1, -0.05) is 24.3 Å². The molecule has 2 aromatic rings. The van der Waals surface area contributed by atoms with Crippen LogP contribution in [0.4, 0.5) is 10.1 Å². The van der Waals surface area contributed by atoms with E-state index in [1.54, 1.807) is 17.0 Å². The van der Waals surface area contributed by atoms with Gasteiger partial charge >= 0.3 is 0 Å². The number of nitrogens with one attached hydrogen (secondary N) is 1. The Labute approximate surface area is 159 Å². The number of anilines is 1. The van der Waals surface area contributed by atoms with Crippen molar-refractivity contribution >= 4 is 11.6 Å². The van der Waals surface area contributed by atoms with Crippen LogP contribution < -0.4 is 9.80 Å². The van der Waals surface area contributed by atoms with E-state index in [2.05, 4.69) is 4.90 Å². The van der Waals surface area contributed by atoms with Gasteiger partial charge in [-0.25, -0.2) is 4.39 Å². The molecule has 1 aliphatic heterocycles. The van der Waals surface area contributed by atoms with Crippen molar-refractivity contribution in [1.82, 2.24) is 4.90 Å². The van der Waals surface area contributed by atoms with Gasteiger partial charge < -0.3 is 19.8 Å². The Morgan fingerprint density at radius 3 is 2.59 bits per heavy atom. The maximum Gasteiger partial charge on any atom is 0.278 e. The fraction of sp³-hybridized carbons (Fsp3) is 0.381. The quantitative estimate of drug-likeness (QED) is 0.803. The highest BCUT2D eigenvalue weighted by atomic mass is 19.1. The van der Waals surface area contributed by atoms with E-state index >= 15 is 0 Å². The van der Waals surface area contributed by atoms with Crippen molar-refractivity contribution in [3.63, 3.8) is 0 Å². The Bertz CT molecular complexity index is 776. The Kier molecular flexibility index (Phi) is 6.29. The second-order valence-electron chi connectivity index (χ2n) is 6.94. The summed E-state index contributed by atoms with van der Waals surface area (Å²) >= 11 is 0. The van der Waals surface area contributed by atoms with Crippen LogP contribution in [0.25, 0.3) is 0 Å². The van der Waals surface area contributed by atoms with Gasteiger partial charge in [0, 0.05) is 13.1 Å². The monoisotopic (exact) mass is 372 g/mol. The average Bonchev–Trinajstić information content (AvgIpc) is 2.67. The first-order chi connectivity index (χ1) is 13.1. The molecule has 6 heteroatoms. The summed E-state index contributed by atoms with van der Waals surface area (Å²) in [5, 5.41) is 10.0. The highest BCUT2D eigenvalue weighted by molar-refractivity contribution is 5.77. The Hall–Kier alpha value is -2.60. The summed E-state index contributed by atoms with van der Waals surface area (Å²) in [5.41, 5.74) is 1.66. The maximum absolute atomic E-state index is 13.4. The zero-order valence-electron chi connectivity index (χ0n) is 15.7. The maximum atomic E-state index is 13.4. The molecular formula is C21H27FN3O2+. The second-order valence-corrected chi connectivity index (χ2v) is 6.94. The molecule has 0 radical (unpaired) electrons. The van der Waals surface area contributed by atoms with Gasteiger partial charge in [-0.2, -0.15) is 0 Å². The van der Waals surface area contributed by atoms with Crippen LogP contribution in [-0.4, -0.2) is 55.2 Å². The number of nitrogens with zero attached hydrogens (tertiary/aromatic N) is 2. The summed E-state index contributed by atoms with van der Waals surface area (Å²) in [7, 11) is 0. The van der Waals surface area contributed by atoms with Gasteiger partial charge in [0.1, 0.15) is 11.6 Å². The van der Waals surface area contributed by atoms with Crippen molar-refractivity contribution in [2.24, 2.45) is 0 Å². The number of aromatic hydroxyl groups is 1. The van der Waals surface area contributed by atoms with Gasteiger partial charge in [0.05, 0.1) is 31.9 Å². The minimum Gasteiger partial charge on any atom is -0.506 e. The number of hydrogen-bond acceptors (Lipinski definition) is 3. The molecule has 5 nitrogen and oxygen atoms in total. The molecule has 0 unspecified atom stereocenters. The molecule has 1 aliphatic rings. The molecule has 1 heterocycles. The summed E-state index contributed by atoms with van der Waals surface area (Å²) in [6.45, 7) is 6.72. The fourth-order valence-corrected chi connectivity index (χ4v) is 3.53. The number of para-hydroxylation sites is 2. The van der Waals surface area contributed by atoms with Gasteiger partial charge in [0.15, 0.2) is 6.54 Å². The minimum absolute atomic E-state index is 0.0905. The summed E-state index contributed by atoms with van der Waals surface area (Å²) in [5.74, 6) is 0.110. The molecule has 144 valence electrons. The average molecular weight is 372 g/mol. The van der Waals surface area contributed by atoms with Crippen molar-refractivity contribution in [2.45, 2.75) is 13.5 Å². The highest BCUT2D eigenvalue weighted by Gasteiger charge is 2.25. The third-order valence-corrected chi connectivity index (χ3v) is 5.09. The van der Waals surface area contributed by atoms with E-state index in [-0.39, 0.29) is 11.7 Å². The number of amides is 1. The molecule has 0 atom stereocenters. The molecule has 0 aliphatic carbocycles. The van der Waals surface area contributed by atoms with Crippen molar-refractivity contribution < 1.29 is 19.2 Å². The van der Waals surface area contributed by atoms with Crippen LogP contribution in [0.5, 0.6) is 5.75 Å². The van der Waals surface area contributed by atoms with Crippen LogP contribution in [0.2, 0.25) is 0 Å². The van der Waals surface area contributed by atoms with Gasteiger partial charge in [-0.05, 0) is 36.8 Å². The molecule has 0 spiro atoms. The van der Waals surface area contributed by atoms with Crippen LogP contribution in [-0.2, 0) is 11.3 Å². The number of hydrogen-bond donors (Lipinski definition) is 2. The molecule has 0 aromatic heterocycles. The fourth-order valence-electron chi connectivity index (χ4n) is 3.53. The molecule has 1 fully saturated rings. The number of likely N-dealkylation sites (N-methyl/N-ethyl adjacent to an activating group) is 1. The molecule has 0 saturated carbocycles. The van der Waals surface area contributed by atoms with E-state index in [1.165, 1.54) is 17.0 Å². The predicted octanol–water partition coefficient (Wildman–Crippen LogP) is 1.28. The number of phenols is 1. The number of carbonyl (C=O) groups excluding carboxylic acids is 1. The number of halogens is 1. The van der Waals surface area contributed by atoms with Crippen LogP contribution in [0.3, 0.4) is 0 Å². The molecule has 27 heavy (non-hydrogen) atoms. The van der Waals surface area contributed by atoms with Crippen LogP contribution >= 0.6 is 0 Å². The minimum atomic E-state index is -0.276. The number of benzene rings is 2. The van der Waals surface area contributed by atoms with Crippen LogP contribution in [0.15, 0.2) is 48.5 Å².